The van der Waals surface area contributed by atoms with Crippen molar-refractivity contribution in [2.45, 2.75) is 30.7 Å². The second-order valence-corrected chi connectivity index (χ2v) is 5.75. The standard InChI is InChI=1S/C12H15NO6S/c1-8-2-4-9(5-3-8)20(17,18)19-11(14)7-6-10(13)12(15)16/h2-5,10H,6-7,13H2,1H3,(H,15,16)/t10-/m1/s1. The Kier molecular flexibility index (Phi) is 5.23. The summed E-state index contributed by atoms with van der Waals surface area (Å²) in [4.78, 5) is 21.7. The van der Waals surface area contributed by atoms with Gasteiger partial charge in [-0.05, 0) is 25.5 Å². The molecule has 0 aromatic heterocycles. The van der Waals surface area contributed by atoms with Crippen LogP contribution >= 0.6 is 0 Å². The number of hydrogen-bond acceptors (Lipinski definition) is 6. The van der Waals surface area contributed by atoms with Gasteiger partial charge in [0.25, 0.3) is 0 Å². The van der Waals surface area contributed by atoms with Crippen LogP contribution in [0.3, 0.4) is 0 Å². The molecule has 0 fully saturated rings. The van der Waals surface area contributed by atoms with Crippen LogP contribution in [0.4, 0.5) is 0 Å². The van der Waals surface area contributed by atoms with Gasteiger partial charge in [-0.15, -0.1) is 0 Å². The van der Waals surface area contributed by atoms with Crippen molar-refractivity contribution in [2.75, 3.05) is 0 Å². The minimum Gasteiger partial charge on any atom is -0.480 e. The Hall–Kier alpha value is -1.93. The third-order valence-electron chi connectivity index (χ3n) is 2.49. The average Bonchev–Trinajstić information content (AvgIpc) is 2.35. The third-order valence-corrected chi connectivity index (χ3v) is 3.74. The number of carbonyl (C=O) groups excluding carboxylic acids is 1. The molecule has 1 aromatic rings. The fraction of sp³-hybridized carbons (Fsp3) is 0.333. The number of carboxylic acid groups (broad SMARTS) is 1. The van der Waals surface area contributed by atoms with Crippen LogP contribution in [-0.2, 0) is 23.9 Å². The quantitative estimate of drug-likeness (QED) is 0.729. The highest BCUT2D eigenvalue weighted by molar-refractivity contribution is 7.87. The normalized spacial score (nSPS) is 12.7. The lowest BCUT2D eigenvalue weighted by Gasteiger charge is -2.07. The summed E-state index contributed by atoms with van der Waals surface area (Å²) in [5.41, 5.74) is 6.06. The Bertz CT molecular complexity index is 593. The van der Waals surface area contributed by atoms with Gasteiger partial charge in [-0.3, -0.25) is 9.59 Å². The molecule has 0 aliphatic heterocycles. The molecule has 8 heteroatoms. The van der Waals surface area contributed by atoms with Gasteiger partial charge in [-0.2, -0.15) is 8.42 Å². The van der Waals surface area contributed by atoms with E-state index in [1.165, 1.54) is 12.1 Å². The Balaban J connectivity index is 2.65. The highest BCUT2D eigenvalue weighted by Crippen LogP contribution is 2.14. The average molecular weight is 301 g/mol. The molecule has 7 nitrogen and oxygen atoms in total. The summed E-state index contributed by atoms with van der Waals surface area (Å²) < 4.78 is 27.9. The van der Waals surface area contributed by atoms with E-state index >= 15 is 0 Å². The number of aryl methyl sites for hydroxylation is 1. The molecule has 0 spiro atoms. The number of carbonyl (C=O) groups is 2. The molecule has 0 aliphatic rings. The van der Waals surface area contributed by atoms with Crippen LogP contribution in [0.2, 0.25) is 0 Å². The predicted octanol–water partition coefficient (Wildman–Crippen LogP) is 0.419. The van der Waals surface area contributed by atoms with Crippen molar-refractivity contribution < 1.29 is 27.3 Å². The first-order valence-corrected chi connectivity index (χ1v) is 7.15. The zero-order valence-corrected chi connectivity index (χ0v) is 11.6. The lowest BCUT2D eigenvalue weighted by atomic mass is 10.2. The van der Waals surface area contributed by atoms with E-state index < -0.39 is 34.5 Å². The van der Waals surface area contributed by atoms with E-state index in [2.05, 4.69) is 4.18 Å². The Morgan fingerprint density at radius 2 is 1.85 bits per heavy atom. The van der Waals surface area contributed by atoms with Crippen LogP contribution in [0.5, 0.6) is 0 Å². The Morgan fingerprint density at radius 1 is 1.30 bits per heavy atom. The third kappa shape index (κ3) is 4.63. The zero-order chi connectivity index (χ0) is 15.3. The van der Waals surface area contributed by atoms with Crippen molar-refractivity contribution in [1.29, 1.82) is 0 Å². The van der Waals surface area contributed by atoms with Crippen LogP contribution < -0.4 is 5.73 Å². The first-order valence-electron chi connectivity index (χ1n) is 5.75. The predicted molar refractivity (Wildman–Crippen MR) is 69.3 cm³/mol. The molecule has 0 amide bonds. The van der Waals surface area contributed by atoms with Crippen molar-refractivity contribution in [2.24, 2.45) is 5.73 Å². The fourth-order valence-corrected chi connectivity index (χ4v) is 2.21. The lowest BCUT2D eigenvalue weighted by Crippen LogP contribution is -2.31. The number of aliphatic carboxylic acids is 1. The molecular formula is C12H15NO6S. The zero-order valence-electron chi connectivity index (χ0n) is 10.8. The van der Waals surface area contributed by atoms with E-state index in [0.29, 0.717) is 0 Å². The highest BCUT2D eigenvalue weighted by Gasteiger charge is 2.21. The molecule has 0 radical (unpaired) electrons. The minimum absolute atomic E-state index is 0.140. The van der Waals surface area contributed by atoms with Crippen molar-refractivity contribution in [3.05, 3.63) is 29.8 Å². The molecule has 0 unspecified atom stereocenters. The molecule has 20 heavy (non-hydrogen) atoms. The molecule has 1 rings (SSSR count). The van der Waals surface area contributed by atoms with Crippen LogP contribution in [0.25, 0.3) is 0 Å². The molecule has 0 aliphatic carbocycles. The molecule has 0 saturated carbocycles. The highest BCUT2D eigenvalue weighted by atomic mass is 32.2. The Morgan fingerprint density at radius 3 is 2.35 bits per heavy atom. The van der Waals surface area contributed by atoms with E-state index in [4.69, 9.17) is 10.8 Å². The number of nitrogens with two attached hydrogens (primary N) is 1. The van der Waals surface area contributed by atoms with Crippen molar-refractivity contribution in [3.63, 3.8) is 0 Å². The summed E-state index contributed by atoms with van der Waals surface area (Å²) in [6.45, 7) is 1.79. The Labute approximate surface area is 116 Å². The largest absolute Gasteiger partial charge is 0.480 e. The molecule has 0 heterocycles. The number of carboxylic acids is 1. The summed E-state index contributed by atoms with van der Waals surface area (Å²) in [6.07, 6.45) is -0.587. The number of benzene rings is 1. The summed E-state index contributed by atoms with van der Waals surface area (Å²) in [7, 11) is -4.18. The molecule has 3 N–H and O–H groups in total. The maximum Gasteiger partial charge on any atom is 0.341 e. The van der Waals surface area contributed by atoms with E-state index in [1.807, 2.05) is 0 Å². The van der Waals surface area contributed by atoms with Gasteiger partial charge in [0.05, 0.1) is 0 Å². The van der Waals surface area contributed by atoms with Crippen LogP contribution in [0, 0.1) is 6.92 Å². The summed E-state index contributed by atoms with van der Waals surface area (Å²) in [5.74, 6) is -2.30. The van der Waals surface area contributed by atoms with E-state index in [0.717, 1.165) is 5.56 Å². The topological polar surface area (TPSA) is 124 Å². The summed E-state index contributed by atoms with van der Waals surface area (Å²) in [6, 6.07) is 4.55. The maximum absolute atomic E-state index is 11.7. The molecule has 1 atom stereocenters. The van der Waals surface area contributed by atoms with Gasteiger partial charge >= 0.3 is 22.1 Å². The van der Waals surface area contributed by atoms with E-state index in [-0.39, 0.29) is 11.3 Å². The smallest absolute Gasteiger partial charge is 0.341 e. The lowest BCUT2D eigenvalue weighted by molar-refractivity contribution is -0.139. The number of rotatable bonds is 6. The van der Waals surface area contributed by atoms with Gasteiger partial charge in [-0.1, -0.05) is 17.7 Å². The van der Waals surface area contributed by atoms with E-state index in [1.54, 1.807) is 19.1 Å². The maximum atomic E-state index is 11.7. The first-order chi connectivity index (χ1) is 9.22. The van der Waals surface area contributed by atoms with E-state index in [9.17, 15) is 18.0 Å². The van der Waals surface area contributed by atoms with Crippen LogP contribution in [0.15, 0.2) is 29.2 Å². The van der Waals surface area contributed by atoms with Crippen molar-refractivity contribution >= 4 is 22.1 Å². The van der Waals surface area contributed by atoms with Gasteiger partial charge in [-0.25, -0.2) is 0 Å². The minimum atomic E-state index is -4.18. The van der Waals surface area contributed by atoms with Crippen molar-refractivity contribution in [1.82, 2.24) is 0 Å². The van der Waals surface area contributed by atoms with Gasteiger partial charge in [0, 0.05) is 6.42 Å². The second kappa shape index (κ2) is 6.49. The van der Waals surface area contributed by atoms with Crippen molar-refractivity contribution in [3.8, 4) is 0 Å². The molecule has 0 saturated heterocycles. The van der Waals surface area contributed by atoms with Gasteiger partial charge < -0.3 is 15.0 Å². The summed E-state index contributed by atoms with van der Waals surface area (Å²) >= 11 is 0. The SMILES string of the molecule is Cc1ccc(S(=O)(=O)OC(=O)CC[C@@H](N)C(=O)O)cc1. The van der Waals surface area contributed by atoms with Crippen LogP contribution in [0.1, 0.15) is 18.4 Å². The first kappa shape index (κ1) is 16.1. The van der Waals surface area contributed by atoms with Gasteiger partial charge in [0.1, 0.15) is 10.9 Å². The monoisotopic (exact) mass is 301 g/mol. The number of hydrogen-bond donors (Lipinski definition) is 2. The summed E-state index contributed by atoms with van der Waals surface area (Å²) in [5, 5.41) is 8.54. The second-order valence-electron chi connectivity index (χ2n) is 4.21. The molecule has 110 valence electrons. The van der Waals surface area contributed by atoms with Crippen LogP contribution in [-0.4, -0.2) is 31.5 Å². The van der Waals surface area contributed by atoms with Gasteiger partial charge in [0.15, 0.2) is 0 Å². The fourth-order valence-electron chi connectivity index (χ4n) is 1.31. The molecule has 0 bridgehead atoms. The molecule has 1 aromatic carbocycles. The van der Waals surface area contributed by atoms with Gasteiger partial charge in [0.2, 0.25) is 0 Å². The molecular weight excluding hydrogens is 286 g/mol.